The lowest BCUT2D eigenvalue weighted by atomic mass is 10.0. The molecule has 3 rings (SSSR count). The van der Waals surface area contributed by atoms with Crippen LogP contribution >= 0.6 is 0 Å². The van der Waals surface area contributed by atoms with E-state index in [1.54, 1.807) is 0 Å². The van der Waals surface area contributed by atoms with Crippen molar-refractivity contribution in [3.05, 3.63) is 35.8 Å². The van der Waals surface area contributed by atoms with Crippen molar-refractivity contribution in [2.75, 3.05) is 13.1 Å². The van der Waals surface area contributed by atoms with Crippen molar-refractivity contribution in [1.29, 1.82) is 0 Å². The summed E-state index contributed by atoms with van der Waals surface area (Å²) in [6.45, 7) is 4.70. The molecule has 2 aromatic heterocycles. The third kappa shape index (κ3) is 3.42. The first-order valence-electron chi connectivity index (χ1n) is 7.63. The lowest BCUT2D eigenvalue weighted by molar-refractivity contribution is -0.121. The molecule has 0 spiro atoms. The van der Waals surface area contributed by atoms with E-state index in [0.717, 1.165) is 36.5 Å². The van der Waals surface area contributed by atoms with Crippen molar-refractivity contribution in [3.8, 4) is 0 Å². The number of aryl methyl sites for hydroxylation is 1. The number of carbonyl (C=O) groups excluding carboxylic acids is 1. The minimum absolute atomic E-state index is 0.121. The van der Waals surface area contributed by atoms with Crippen LogP contribution in [0.3, 0.4) is 0 Å². The molecule has 0 radical (unpaired) electrons. The number of nitrogens with zero attached hydrogens (tertiary/aromatic N) is 2. The number of amides is 1. The molecule has 0 aromatic carbocycles. The first kappa shape index (κ1) is 14.1. The molecule has 3 heterocycles. The molecule has 2 N–H and O–H groups in total. The Labute approximate surface area is 124 Å². The molecule has 1 aliphatic heterocycles. The summed E-state index contributed by atoms with van der Waals surface area (Å²) in [6, 6.07) is 6.02. The van der Waals surface area contributed by atoms with E-state index in [4.69, 9.17) is 0 Å². The fraction of sp³-hybridized carbons (Fsp3) is 0.500. The number of hydrogen-bond donors (Lipinski definition) is 2. The third-order valence-electron chi connectivity index (χ3n) is 4.15. The highest BCUT2D eigenvalue weighted by atomic mass is 16.1. The average molecular weight is 286 g/mol. The minimum atomic E-state index is 0.121. The van der Waals surface area contributed by atoms with Gasteiger partial charge < -0.3 is 15.0 Å². The molecule has 1 fully saturated rings. The Bertz CT molecular complexity index is 628. The summed E-state index contributed by atoms with van der Waals surface area (Å²) in [5.74, 6) is 0.782. The largest absolute Gasteiger partial charge is 0.350 e. The molecule has 1 aliphatic rings. The van der Waals surface area contributed by atoms with Crippen LogP contribution in [0, 0.1) is 12.8 Å². The number of pyridine rings is 1. The fourth-order valence-electron chi connectivity index (χ4n) is 2.86. The van der Waals surface area contributed by atoms with Gasteiger partial charge in [0, 0.05) is 18.3 Å². The maximum Gasteiger partial charge on any atom is 0.220 e. The van der Waals surface area contributed by atoms with Gasteiger partial charge in [0.15, 0.2) is 0 Å². The van der Waals surface area contributed by atoms with E-state index >= 15 is 0 Å². The van der Waals surface area contributed by atoms with Crippen molar-refractivity contribution in [3.63, 3.8) is 0 Å². The number of fused-ring (bicyclic) bond motifs is 1. The Morgan fingerprint density at radius 3 is 3.19 bits per heavy atom. The number of imidazole rings is 1. The lowest BCUT2D eigenvalue weighted by Gasteiger charge is -2.07. The van der Waals surface area contributed by atoms with Gasteiger partial charge >= 0.3 is 0 Å². The van der Waals surface area contributed by atoms with Gasteiger partial charge in [-0.05, 0) is 50.9 Å². The van der Waals surface area contributed by atoms with Gasteiger partial charge in [-0.3, -0.25) is 4.79 Å². The predicted octanol–water partition coefficient (Wildman–Crippen LogP) is 1.65. The van der Waals surface area contributed by atoms with Gasteiger partial charge in [-0.2, -0.15) is 0 Å². The molecule has 0 bridgehead atoms. The van der Waals surface area contributed by atoms with E-state index in [-0.39, 0.29) is 5.91 Å². The molecule has 5 heteroatoms. The summed E-state index contributed by atoms with van der Waals surface area (Å²) >= 11 is 0. The van der Waals surface area contributed by atoms with Crippen molar-refractivity contribution in [2.45, 2.75) is 32.7 Å². The first-order chi connectivity index (χ1) is 10.2. The molecule has 0 saturated carbocycles. The quantitative estimate of drug-likeness (QED) is 0.878. The molecule has 112 valence electrons. The van der Waals surface area contributed by atoms with E-state index < -0.39 is 0 Å². The molecule has 1 atom stereocenters. The highest BCUT2D eigenvalue weighted by Crippen LogP contribution is 2.14. The smallest absolute Gasteiger partial charge is 0.220 e. The zero-order valence-electron chi connectivity index (χ0n) is 12.4. The van der Waals surface area contributed by atoms with Gasteiger partial charge in [0.2, 0.25) is 5.91 Å². The third-order valence-corrected chi connectivity index (χ3v) is 4.15. The van der Waals surface area contributed by atoms with E-state index in [1.165, 1.54) is 6.42 Å². The standard InChI is InChI=1S/C16H22N4O/c1-12-3-2-4-15-19-14(11-20(12)15)10-18-16(21)6-5-13-7-8-17-9-13/h2-4,11,13,17H,5-10H2,1H3,(H,18,21). The Morgan fingerprint density at radius 1 is 1.52 bits per heavy atom. The average Bonchev–Trinajstić information content (AvgIpc) is 3.12. The zero-order valence-corrected chi connectivity index (χ0v) is 12.4. The van der Waals surface area contributed by atoms with Crippen LogP contribution in [0.4, 0.5) is 0 Å². The van der Waals surface area contributed by atoms with Crippen LogP contribution in [0.5, 0.6) is 0 Å². The normalized spacial score (nSPS) is 18.2. The molecular formula is C16H22N4O. The summed E-state index contributed by atoms with van der Waals surface area (Å²) in [6.07, 6.45) is 4.77. The van der Waals surface area contributed by atoms with Gasteiger partial charge in [-0.1, -0.05) is 6.07 Å². The second-order valence-corrected chi connectivity index (χ2v) is 5.80. The second-order valence-electron chi connectivity index (χ2n) is 5.80. The maximum atomic E-state index is 11.9. The first-order valence-corrected chi connectivity index (χ1v) is 7.63. The number of rotatable bonds is 5. The molecule has 2 aromatic rings. The summed E-state index contributed by atoms with van der Waals surface area (Å²) in [7, 11) is 0. The van der Waals surface area contributed by atoms with Gasteiger partial charge in [0.25, 0.3) is 0 Å². The zero-order chi connectivity index (χ0) is 14.7. The van der Waals surface area contributed by atoms with Crippen molar-refractivity contribution >= 4 is 11.6 Å². The van der Waals surface area contributed by atoms with Crippen LogP contribution in [0.2, 0.25) is 0 Å². The minimum Gasteiger partial charge on any atom is -0.350 e. The Morgan fingerprint density at radius 2 is 2.43 bits per heavy atom. The summed E-state index contributed by atoms with van der Waals surface area (Å²) in [4.78, 5) is 16.4. The van der Waals surface area contributed by atoms with Crippen molar-refractivity contribution in [1.82, 2.24) is 20.0 Å². The van der Waals surface area contributed by atoms with Crippen molar-refractivity contribution in [2.24, 2.45) is 5.92 Å². The Kier molecular flexibility index (Phi) is 4.20. The summed E-state index contributed by atoms with van der Waals surface area (Å²) in [5, 5.41) is 6.30. The van der Waals surface area contributed by atoms with Crippen LogP contribution in [0.15, 0.2) is 24.4 Å². The van der Waals surface area contributed by atoms with Gasteiger partial charge in [-0.25, -0.2) is 4.98 Å². The SMILES string of the molecule is Cc1cccc2nc(CNC(=O)CCC3CCNC3)cn12. The molecule has 21 heavy (non-hydrogen) atoms. The van der Waals surface area contributed by atoms with Gasteiger partial charge in [-0.15, -0.1) is 0 Å². The molecule has 0 aliphatic carbocycles. The fourth-order valence-corrected chi connectivity index (χ4v) is 2.86. The monoisotopic (exact) mass is 286 g/mol. The van der Waals surface area contributed by atoms with E-state index in [0.29, 0.717) is 18.9 Å². The number of carbonyl (C=O) groups is 1. The van der Waals surface area contributed by atoms with E-state index in [2.05, 4.69) is 15.6 Å². The van der Waals surface area contributed by atoms with Crippen LogP contribution in [0.1, 0.15) is 30.7 Å². The van der Waals surface area contributed by atoms with Crippen LogP contribution in [-0.4, -0.2) is 28.4 Å². The van der Waals surface area contributed by atoms with Crippen LogP contribution in [-0.2, 0) is 11.3 Å². The second kappa shape index (κ2) is 6.26. The molecule has 1 amide bonds. The van der Waals surface area contributed by atoms with Gasteiger partial charge in [0.05, 0.1) is 12.2 Å². The van der Waals surface area contributed by atoms with E-state index in [1.807, 2.05) is 35.7 Å². The number of aromatic nitrogens is 2. The van der Waals surface area contributed by atoms with Crippen LogP contribution < -0.4 is 10.6 Å². The highest BCUT2D eigenvalue weighted by Gasteiger charge is 2.15. The Hall–Kier alpha value is -1.88. The van der Waals surface area contributed by atoms with E-state index in [9.17, 15) is 4.79 Å². The Balaban J connectivity index is 1.51. The topological polar surface area (TPSA) is 58.4 Å². The van der Waals surface area contributed by atoms with Gasteiger partial charge in [0.1, 0.15) is 5.65 Å². The van der Waals surface area contributed by atoms with Crippen LogP contribution in [0.25, 0.3) is 5.65 Å². The summed E-state index contributed by atoms with van der Waals surface area (Å²) < 4.78 is 2.05. The van der Waals surface area contributed by atoms with Crippen molar-refractivity contribution < 1.29 is 4.79 Å². The molecule has 1 saturated heterocycles. The molecule has 5 nitrogen and oxygen atoms in total. The highest BCUT2D eigenvalue weighted by molar-refractivity contribution is 5.75. The molecular weight excluding hydrogens is 264 g/mol. The number of hydrogen-bond acceptors (Lipinski definition) is 3. The molecule has 1 unspecified atom stereocenters. The number of nitrogens with one attached hydrogen (secondary N) is 2. The summed E-state index contributed by atoms with van der Waals surface area (Å²) in [5.41, 5.74) is 2.97. The maximum absolute atomic E-state index is 11.9. The predicted molar refractivity (Wildman–Crippen MR) is 82.0 cm³/mol. The lowest BCUT2D eigenvalue weighted by Crippen LogP contribution is -2.23.